The van der Waals surface area contributed by atoms with Crippen molar-refractivity contribution >= 4 is 16.5 Å². The van der Waals surface area contributed by atoms with Crippen molar-refractivity contribution in [2.45, 2.75) is 12.0 Å². The molecular weight excluding hydrogens is 346 g/mol. The maximum absolute atomic E-state index is 11.3. The number of ether oxygens (including phenoxy) is 1. The second-order valence-corrected chi connectivity index (χ2v) is 6.71. The Morgan fingerprint density at radius 3 is 2.00 bits per heavy atom. The van der Waals surface area contributed by atoms with Gasteiger partial charge in [-0.25, -0.2) is 0 Å². The van der Waals surface area contributed by atoms with Gasteiger partial charge in [0.25, 0.3) is 0 Å². The minimum Gasteiger partial charge on any atom is -0.496 e. The first-order chi connectivity index (χ1) is 10.9. The third-order valence-corrected chi connectivity index (χ3v) is 4.16. The Hall–Kier alpha value is -0.980. The predicted molar refractivity (Wildman–Crippen MR) is 82.8 cm³/mol. The average Bonchev–Trinajstić information content (AvgIpc) is 2.58. The number of hydrogen-bond acceptors (Lipinski definition) is 8. The van der Waals surface area contributed by atoms with Crippen LogP contribution in [0.5, 0.6) is 5.75 Å². The van der Waals surface area contributed by atoms with Gasteiger partial charge in [0, 0.05) is 15.6 Å². The fraction of sp³-hybridized carbons (Fsp3) is 0.538. The summed E-state index contributed by atoms with van der Waals surface area (Å²) in [5.74, 6) is 0.568. The lowest BCUT2D eigenvalue weighted by atomic mass is 9.95. The third-order valence-electron chi connectivity index (χ3n) is 2.89. The highest BCUT2D eigenvalue weighted by molar-refractivity contribution is 7.33. The molecule has 0 aliphatic rings. The van der Waals surface area contributed by atoms with E-state index in [9.17, 15) is 14.2 Å². The molecule has 23 heavy (non-hydrogen) atoms. The van der Waals surface area contributed by atoms with Crippen LogP contribution in [-0.4, -0.2) is 45.3 Å². The van der Waals surface area contributed by atoms with Crippen molar-refractivity contribution in [3.63, 3.8) is 0 Å². The van der Waals surface area contributed by atoms with Crippen LogP contribution in [0.2, 0.25) is 0 Å². The first-order valence-electron chi connectivity index (χ1n) is 6.57. The highest BCUT2D eigenvalue weighted by Crippen LogP contribution is 2.31. The minimum atomic E-state index is -2.36. The van der Waals surface area contributed by atoms with E-state index in [4.69, 9.17) is 13.8 Å². The molecule has 0 saturated carbocycles. The van der Waals surface area contributed by atoms with E-state index in [0.29, 0.717) is 11.3 Å². The Bertz CT molecular complexity index is 516. The molecule has 0 spiro atoms. The molecule has 0 aliphatic heterocycles. The maximum Gasteiger partial charge on any atom is 0.697 e. The Morgan fingerprint density at radius 1 is 1.00 bits per heavy atom. The summed E-state index contributed by atoms with van der Waals surface area (Å²) < 4.78 is 46.7. The second-order valence-electron chi connectivity index (χ2n) is 4.57. The number of hydrogen-bond donors (Lipinski definition) is 1. The van der Waals surface area contributed by atoms with Crippen molar-refractivity contribution in [2.75, 3.05) is 34.5 Å². The summed E-state index contributed by atoms with van der Waals surface area (Å²) in [5.41, 5.74) is -0.910. The molecule has 1 aromatic carbocycles. The molecule has 8 nitrogen and oxygen atoms in total. The van der Waals surface area contributed by atoms with Crippen LogP contribution in [0.1, 0.15) is 5.56 Å². The lowest BCUT2D eigenvalue weighted by Crippen LogP contribution is -2.41. The van der Waals surface area contributed by atoms with Gasteiger partial charge in [-0.1, -0.05) is 18.2 Å². The van der Waals surface area contributed by atoms with E-state index >= 15 is 0 Å². The van der Waals surface area contributed by atoms with Gasteiger partial charge in [-0.3, -0.25) is 0 Å². The molecule has 2 atom stereocenters. The summed E-state index contributed by atoms with van der Waals surface area (Å²) in [7, 11) is -0.773. The van der Waals surface area contributed by atoms with Gasteiger partial charge in [0.2, 0.25) is 0 Å². The molecule has 0 radical (unpaired) electrons. The standard InChI is InChI=1S/C13H20O8P2/c1-17-12-7-5-4-6-11(12)8-13(14,9-20-22(15)18-2)10-21-23(16)19-3/h4-7,14H,8-10H2,1-3H3/q+2. The van der Waals surface area contributed by atoms with Gasteiger partial charge < -0.3 is 9.84 Å². The van der Waals surface area contributed by atoms with Crippen LogP contribution in [0.15, 0.2) is 24.3 Å². The Kier molecular flexibility index (Phi) is 8.73. The van der Waals surface area contributed by atoms with E-state index in [1.165, 1.54) is 21.3 Å². The summed E-state index contributed by atoms with van der Waals surface area (Å²) in [6.07, 6.45) is 0.0663. The topological polar surface area (TPSA) is 101 Å². The summed E-state index contributed by atoms with van der Waals surface area (Å²) in [6.45, 7) is -0.693. The molecule has 0 aliphatic carbocycles. The van der Waals surface area contributed by atoms with Crippen LogP contribution in [0.4, 0.5) is 0 Å². The van der Waals surface area contributed by atoms with Crippen molar-refractivity contribution in [1.82, 2.24) is 0 Å². The van der Waals surface area contributed by atoms with Crippen LogP contribution in [0, 0.1) is 0 Å². The Balaban J connectivity index is 2.88. The van der Waals surface area contributed by atoms with Gasteiger partial charge in [0.1, 0.15) is 24.6 Å². The van der Waals surface area contributed by atoms with Crippen molar-refractivity contribution < 1.29 is 37.1 Å². The number of benzene rings is 1. The molecule has 0 amide bonds. The molecule has 2 unspecified atom stereocenters. The first kappa shape index (κ1) is 20.1. The van der Waals surface area contributed by atoms with Crippen molar-refractivity contribution in [3.05, 3.63) is 29.8 Å². The Morgan fingerprint density at radius 2 is 1.52 bits per heavy atom. The predicted octanol–water partition coefficient (Wildman–Crippen LogP) is 2.61. The van der Waals surface area contributed by atoms with Gasteiger partial charge in [-0.15, -0.1) is 18.1 Å². The van der Waals surface area contributed by atoms with Crippen LogP contribution >= 0.6 is 16.5 Å². The van der Waals surface area contributed by atoms with Crippen LogP contribution in [0.25, 0.3) is 0 Å². The molecule has 10 heteroatoms. The van der Waals surface area contributed by atoms with E-state index in [1.807, 2.05) is 0 Å². The molecule has 0 bridgehead atoms. The molecule has 0 saturated heterocycles. The lowest BCUT2D eigenvalue weighted by molar-refractivity contribution is -0.0415. The van der Waals surface area contributed by atoms with E-state index in [0.717, 1.165) is 0 Å². The number of aliphatic hydroxyl groups is 1. The van der Waals surface area contributed by atoms with E-state index in [1.54, 1.807) is 24.3 Å². The van der Waals surface area contributed by atoms with Gasteiger partial charge in [0.15, 0.2) is 0 Å². The van der Waals surface area contributed by atoms with Crippen LogP contribution in [-0.2, 0) is 33.6 Å². The van der Waals surface area contributed by atoms with Gasteiger partial charge >= 0.3 is 16.5 Å². The minimum absolute atomic E-state index is 0.0663. The zero-order valence-electron chi connectivity index (χ0n) is 13.1. The summed E-state index contributed by atoms with van der Waals surface area (Å²) in [6, 6.07) is 7.07. The van der Waals surface area contributed by atoms with Gasteiger partial charge in [-0.2, -0.15) is 0 Å². The quantitative estimate of drug-likeness (QED) is 0.597. The zero-order valence-corrected chi connectivity index (χ0v) is 14.9. The summed E-state index contributed by atoms with van der Waals surface area (Å²) >= 11 is 0. The molecule has 0 heterocycles. The largest absolute Gasteiger partial charge is 0.697 e. The highest BCUT2D eigenvalue weighted by Gasteiger charge is 2.38. The molecule has 1 N–H and O–H groups in total. The summed E-state index contributed by atoms with van der Waals surface area (Å²) in [5, 5.41) is 10.7. The first-order valence-corrected chi connectivity index (χ1v) is 8.76. The smallest absolute Gasteiger partial charge is 0.496 e. The second kappa shape index (κ2) is 10.0. The summed E-state index contributed by atoms with van der Waals surface area (Å²) in [4.78, 5) is 0. The Labute approximate surface area is 136 Å². The number of rotatable bonds is 11. The number of methoxy groups -OCH3 is 1. The molecule has 0 fully saturated rings. The van der Waals surface area contributed by atoms with Crippen molar-refractivity contribution in [2.24, 2.45) is 0 Å². The highest BCUT2D eigenvalue weighted by atomic mass is 31.1. The molecule has 0 aromatic heterocycles. The molecule has 1 aromatic rings. The van der Waals surface area contributed by atoms with E-state index < -0.39 is 22.1 Å². The van der Waals surface area contributed by atoms with Gasteiger partial charge in [-0.05, 0) is 11.6 Å². The third kappa shape index (κ3) is 6.97. The van der Waals surface area contributed by atoms with Crippen molar-refractivity contribution in [1.29, 1.82) is 0 Å². The van der Waals surface area contributed by atoms with E-state index in [-0.39, 0.29) is 19.6 Å². The maximum atomic E-state index is 11.3. The molecular formula is C13H20O8P2+2. The SMILES string of the molecule is COc1ccccc1CC(O)(CO[P+](=O)OC)CO[P+](=O)OC. The van der Waals surface area contributed by atoms with E-state index in [2.05, 4.69) is 9.05 Å². The van der Waals surface area contributed by atoms with Gasteiger partial charge in [0.05, 0.1) is 21.3 Å². The fourth-order valence-corrected chi connectivity index (χ4v) is 2.70. The normalized spacial score (nSPS) is 15.0. The molecule has 1 rings (SSSR count). The number of para-hydroxylation sites is 1. The van der Waals surface area contributed by atoms with Crippen molar-refractivity contribution in [3.8, 4) is 5.75 Å². The fourth-order valence-electron chi connectivity index (χ4n) is 1.80. The van der Waals surface area contributed by atoms with Crippen LogP contribution < -0.4 is 4.74 Å². The average molecular weight is 366 g/mol. The van der Waals surface area contributed by atoms with Crippen LogP contribution in [0.3, 0.4) is 0 Å². The molecule has 128 valence electrons. The lowest BCUT2D eigenvalue weighted by Gasteiger charge is -2.23. The zero-order chi connectivity index (χ0) is 17.3. The monoisotopic (exact) mass is 366 g/mol.